The van der Waals surface area contributed by atoms with Crippen LogP contribution in [0, 0.1) is 5.92 Å². The third-order valence-electron chi connectivity index (χ3n) is 5.28. The van der Waals surface area contributed by atoms with E-state index in [9.17, 15) is 26.7 Å². The molecule has 0 heterocycles. The lowest BCUT2D eigenvalue weighted by Gasteiger charge is -2.14. The van der Waals surface area contributed by atoms with E-state index >= 15 is 0 Å². The van der Waals surface area contributed by atoms with Crippen LogP contribution in [0.25, 0.3) is 0 Å². The molecule has 2 aliphatic rings. The summed E-state index contributed by atoms with van der Waals surface area (Å²) in [6.45, 7) is 0. The largest absolute Gasteiger partial charge is 0.457 e. The molecule has 0 spiro atoms. The summed E-state index contributed by atoms with van der Waals surface area (Å²) in [4.78, 5) is 0. The predicted octanol–water partition coefficient (Wildman–Crippen LogP) is 4.19. The van der Waals surface area contributed by atoms with Crippen molar-refractivity contribution in [3.8, 4) is 11.5 Å². The number of ether oxygens (including phenoxy) is 1. The zero-order valence-electron chi connectivity index (χ0n) is 15.3. The van der Waals surface area contributed by atoms with Gasteiger partial charge in [0.15, 0.2) is 0 Å². The number of alkyl halides is 3. The summed E-state index contributed by atoms with van der Waals surface area (Å²) >= 11 is 0. The number of hydrogen-bond acceptors (Lipinski definition) is 4. The molecule has 3 unspecified atom stereocenters. The van der Waals surface area contributed by atoms with Crippen molar-refractivity contribution in [2.75, 3.05) is 10.5 Å². The molecule has 156 valence electrons. The molecular weight excluding hydrogens is 407 g/mol. The number of rotatable bonds is 7. The van der Waals surface area contributed by atoms with E-state index in [1.54, 1.807) is 18.2 Å². The number of halogens is 3. The Labute approximate surface area is 166 Å². The fourth-order valence-electron chi connectivity index (χ4n) is 3.92. The highest BCUT2D eigenvalue weighted by Crippen LogP contribution is 2.59. The molecule has 2 aromatic rings. The van der Waals surface area contributed by atoms with Crippen molar-refractivity contribution in [3.63, 3.8) is 0 Å². The fourth-order valence-corrected chi connectivity index (χ4v) is 5.03. The van der Waals surface area contributed by atoms with E-state index in [2.05, 4.69) is 4.72 Å². The molecule has 1 saturated carbocycles. The Balaban J connectivity index is 1.45. The fraction of sp³-hybridized carbons (Fsp3) is 0.400. The average molecular weight is 427 g/mol. The predicted molar refractivity (Wildman–Crippen MR) is 102 cm³/mol. The standard InChI is InChI=1S/C20H20F3NO4S/c21-20(22,23)8-3-9-29(26,27)24-13-5-2-6-14(11-13)28-16-7-1-4-12-10-15-18(17(12)16)19(15)25/h1-2,4-7,11,15,18-19,24-25H,3,8-10H2. The van der Waals surface area contributed by atoms with Crippen LogP contribution in [0.3, 0.4) is 0 Å². The van der Waals surface area contributed by atoms with Gasteiger partial charge in [0, 0.05) is 24.0 Å². The van der Waals surface area contributed by atoms with E-state index in [0.717, 1.165) is 17.5 Å². The number of nitrogens with one attached hydrogen (secondary N) is 1. The molecule has 4 rings (SSSR count). The van der Waals surface area contributed by atoms with Gasteiger partial charge >= 0.3 is 6.18 Å². The normalized spacial score (nSPS) is 22.7. The number of benzene rings is 2. The molecule has 3 atom stereocenters. The molecule has 0 saturated heterocycles. The van der Waals surface area contributed by atoms with Crippen LogP contribution in [0.4, 0.5) is 18.9 Å². The Hall–Kier alpha value is -2.26. The summed E-state index contributed by atoms with van der Waals surface area (Å²) in [5.74, 6) is 0.718. The summed E-state index contributed by atoms with van der Waals surface area (Å²) in [7, 11) is -3.90. The van der Waals surface area contributed by atoms with Gasteiger partial charge in [-0.15, -0.1) is 0 Å². The van der Waals surface area contributed by atoms with E-state index in [1.165, 1.54) is 12.1 Å². The Kier molecular flexibility index (Phi) is 4.98. The molecule has 0 aliphatic heterocycles. The smallest absolute Gasteiger partial charge is 0.389 e. The highest BCUT2D eigenvalue weighted by Gasteiger charge is 2.56. The minimum absolute atomic E-state index is 0.0801. The Morgan fingerprint density at radius 3 is 2.69 bits per heavy atom. The molecule has 2 N–H and O–H groups in total. The summed E-state index contributed by atoms with van der Waals surface area (Å²) in [6, 6.07) is 11.9. The molecule has 1 fully saturated rings. The van der Waals surface area contributed by atoms with Crippen molar-refractivity contribution in [1.82, 2.24) is 0 Å². The summed E-state index contributed by atoms with van der Waals surface area (Å²) in [5.41, 5.74) is 2.35. The van der Waals surface area contributed by atoms with Gasteiger partial charge in [-0.2, -0.15) is 13.2 Å². The van der Waals surface area contributed by atoms with Crippen LogP contribution in [-0.2, 0) is 16.4 Å². The lowest BCUT2D eigenvalue weighted by atomic mass is 10.0. The van der Waals surface area contributed by atoms with Crippen molar-refractivity contribution in [2.24, 2.45) is 5.92 Å². The SMILES string of the molecule is O=S(=O)(CCCC(F)(F)F)Nc1cccc(Oc2cccc3c2C2C(O)C2C3)c1. The maximum Gasteiger partial charge on any atom is 0.389 e. The second-order valence-corrected chi connectivity index (χ2v) is 9.32. The van der Waals surface area contributed by atoms with Crippen LogP contribution in [-0.4, -0.2) is 31.6 Å². The molecule has 29 heavy (non-hydrogen) atoms. The minimum atomic E-state index is -4.38. The molecule has 2 aromatic carbocycles. The number of aliphatic hydroxyl groups excluding tert-OH is 1. The van der Waals surface area contributed by atoms with Crippen LogP contribution in [0.15, 0.2) is 42.5 Å². The number of anilines is 1. The molecule has 0 bridgehead atoms. The van der Waals surface area contributed by atoms with Gasteiger partial charge in [-0.05, 0) is 42.5 Å². The average Bonchev–Trinajstić information content (AvgIpc) is 3.06. The van der Waals surface area contributed by atoms with Crippen LogP contribution >= 0.6 is 0 Å². The first-order valence-corrected chi connectivity index (χ1v) is 10.9. The van der Waals surface area contributed by atoms with Gasteiger partial charge in [0.1, 0.15) is 11.5 Å². The lowest BCUT2D eigenvalue weighted by molar-refractivity contribution is -0.134. The van der Waals surface area contributed by atoms with Gasteiger partial charge in [0.05, 0.1) is 17.5 Å². The first-order chi connectivity index (χ1) is 13.6. The zero-order chi connectivity index (χ0) is 20.8. The molecular formula is C20H20F3NO4S. The Bertz CT molecular complexity index is 1020. The van der Waals surface area contributed by atoms with Gasteiger partial charge in [0.25, 0.3) is 0 Å². The van der Waals surface area contributed by atoms with E-state index in [4.69, 9.17) is 4.74 Å². The molecule has 9 heteroatoms. The molecule has 5 nitrogen and oxygen atoms in total. The summed E-state index contributed by atoms with van der Waals surface area (Å²) in [6.07, 6.45) is -5.56. The first kappa shape index (κ1) is 20.0. The first-order valence-electron chi connectivity index (χ1n) is 9.28. The monoisotopic (exact) mass is 427 g/mol. The number of hydrogen-bond donors (Lipinski definition) is 2. The van der Waals surface area contributed by atoms with Gasteiger partial charge in [-0.3, -0.25) is 4.72 Å². The van der Waals surface area contributed by atoms with Crippen molar-refractivity contribution in [1.29, 1.82) is 0 Å². The zero-order valence-corrected chi connectivity index (χ0v) is 16.1. The quantitative estimate of drug-likeness (QED) is 0.695. The van der Waals surface area contributed by atoms with Crippen LogP contribution in [0.5, 0.6) is 11.5 Å². The second kappa shape index (κ2) is 7.21. The topological polar surface area (TPSA) is 75.6 Å². The summed E-state index contributed by atoms with van der Waals surface area (Å²) < 4.78 is 69.0. The van der Waals surface area contributed by atoms with E-state index in [0.29, 0.717) is 11.5 Å². The highest BCUT2D eigenvalue weighted by atomic mass is 32.2. The minimum Gasteiger partial charge on any atom is -0.457 e. The molecule has 0 aromatic heterocycles. The Morgan fingerprint density at radius 2 is 1.93 bits per heavy atom. The van der Waals surface area contributed by atoms with Crippen LogP contribution < -0.4 is 9.46 Å². The number of aliphatic hydroxyl groups is 1. The molecule has 0 radical (unpaired) electrons. The lowest BCUT2D eigenvalue weighted by Crippen LogP contribution is -2.18. The van der Waals surface area contributed by atoms with E-state index < -0.39 is 34.8 Å². The van der Waals surface area contributed by atoms with Crippen molar-refractivity contribution >= 4 is 15.7 Å². The van der Waals surface area contributed by atoms with Crippen molar-refractivity contribution in [3.05, 3.63) is 53.6 Å². The van der Waals surface area contributed by atoms with Gasteiger partial charge in [0.2, 0.25) is 10.0 Å². The van der Waals surface area contributed by atoms with Gasteiger partial charge in [-0.25, -0.2) is 8.42 Å². The number of sulfonamides is 1. The third-order valence-corrected chi connectivity index (χ3v) is 6.65. The third kappa shape index (κ3) is 4.51. The van der Waals surface area contributed by atoms with Crippen molar-refractivity contribution < 1.29 is 31.4 Å². The summed E-state index contributed by atoms with van der Waals surface area (Å²) in [5, 5.41) is 9.97. The van der Waals surface area contributed by atoms with Gasteiger partial charge in [-0.1, -0.05) is 18.2 Å². The molecule has 2 aliphatic carbocycles. The van der Waals surface area contributed by atoms with E-state index in [-0.39, 0.29) is 23.6 Å². The highest BCUT2D eigenvalue weighted by molar-refractivity contribution is 7.92. The van der Waals surface area contributed by atoms with E-state index in [1.807, 2.05) is 12.1 Å². The Morgan fingerprint density at radius 1 is 1.17 bits per heavy atom. The maximum atomic E-state index is 12.2. The molecule has 0 amide bonds. The maximum absolute atomic E-state index is 12.2. The van der Waals surface area contributed by atoms with Crippen LogP contribution in [0.1, 0.15) is 29.9 Å². The van der Waals surface area contributed by atoms with Gasteiger partial charge < -0.3 is 9.84 Å². The van der Waals surface area contributed by atoms with Crippen LogP contribution in [0.2, 0.25) is 0 Å². The number of fused-ring (bicyclic) bond motifs is 3. The second-order valence-electron chi connectivity index (χ2n) is 7.48. The van der Waals surface area contributed by atoms with Crippen molar-refractivity contribution in [2.45, 2.75) is 37.5 Å².